The Bertz CT molecular complexity index is 1180. The van der Waals surface area contributed by atoms with Crippen molar-refractivity contribution in [3.8, 4) is 11.4 Å². The summed E-state index contributed by atoms with van der Waals surface area (Å²) in [7, 11) is 0. The number of amides is 1. The van der Waals surface area contributed by atoms with Gasteiger partial charge in [0, 0.05) is 19.0 Å². The van der Waals surface area contributed by atoms with E-state index >= 15 is 0 Å². The number of nitrogens with zero attached hydrogens (tertiary/aromatic N) is 3. The molecule has 2 aromatic heterocycles. The average Bonchev–Trinajstić information content (AvgIpc) is 3.47. The predicted octanol–water partition coefficient (Wildman–Crippen LogP) is 5.46. The van der Waals surface area contributed by atoms with Gasteiger partial charge in [0.25, 0.3) is 0 Å². The highest BCUT2D eigenvalue weighted by atomic mass is 32.2. The van der Waals surface area contributed by atoms with E-state index in [1.165, 1.54) is 22.9 Å². The maximum Gasteiger partial charge on any atom is 0.230 e. The zero-order valence-corrected chi connectivity index (χ0v) is 20.0. The molecule has 174 valence electrons. The Labute approximate surface area is 204 Å². The van der Waals surface area contributed by atoms with Crippen LogP contribution in [0, 0.1) is 6.92 Å². The number of benzene rings is 2. The fourth-order valence-corrected chi connectivity index (χ4v) is 4.72. The molecule has 0 atom stereocenters. The molecule has 7 heteroatoms. The number of thioether (sulfide) groups is 1. The van der Waals surface area contributed by atoms with E-state index in [4.69, 9.17) is 4.42 Å². The summed E-state index contributed by atoms with van der Waals surface area (Å²) in [6, 6.07) is 22.7. The molecule has 6 nitrogen and oxygen atoms in total. The monoisotopic (exact) mass is 472 g/mol. The van der Waals surface area contributed by atoms with Crippen LogP contribution in [0.2, 0.25) is 0 Å². The van der Waals surface area contributed by atoms with Crippen LogP contribution in [0.4, 0.5) is 0 Å². The molecule has 0 saturated heterocycles. The van der Waals surface area contributed by atoms with Gasteiger partial charge in [-0.3, -0.25) is 9.36 Å². The molecule has 1 amide bonds. The zero-order valence-electron chi connectivity index (χ0n) is 19.2. The van der Waals surface area contributed by atoms with Crippen molar-refractivity contribution in [2.45, 2.75) is 31.0 Å². The van der Waals surface area contributed by atoms with Crippen molar-refractivity contribution in [1.29, 1.82) is 0 Å². The number of hydrogen-bond acceptors (Lipinski definition) is 5. The first kappa shape index (κ1) is 23.6. The average molecular weight is 473 g/mol. The van der Waals surface area contributed by atoms with E-state index in [2.05, 4.69) is 70.6 Å². The van der Waals surface area contributed by atoms with Crippen molar-refractivity contribution in [3.63, 3.8) is 0 Å². The lowest BCUT2D eigenvalue weighted by Crippen LogP contribution is -2.27. The fraction of sp³-hybridized carbons (Fsp3) is 0.222. The summed E-state index contributed by atoms with van der Waals surface area (Å²) in [5, 5.41) is 12.4. The summed E-state index contributed by atoms with van der Waals surface area (Å²) in [6.07, 6.45) is 4.25. The number of aromatic nitrogens is 3. The molecule has 2 heterocycles. The molecule has 0 bridgehead atoms. The number of hydrogen-bond donors (Lipinski definition) is 1. The second-order valence-corrected chi connectivity index (χ2v) is 8.84. The molecule has 0 fully saturated rings. The third-order valence-electron chi connectivity index (χ3n) is 5.62. The number of carbonyl (C=O) groups excluding carboxylic acids is 1. The smallest absolute Gasteiger partial charge is 0.230 e. The number of aryl methyl sites for hydroxylation is 1. The molecule has 4 rings (SSSR count). The first-order chi connectivity index (χ1) is 16.7. The molecule has 0 aliphatic heterocycles. The number of rotatable bonds is 11. The molecule has 0 aliphatic rings. The molecule has 34 heavy (non-hydrogen) atoms. The van der Waals surface area contributed by atoms with Gasteiger partial charge in [-0.2, -0.15) is 0 Å². The lowest BCUT2D eigenvalue weighted by Gasteiger charge is -2.18. The van der Waals surface area contributed by atoms with Gasteiger partial charge in [-0.25, -0.2) is 0 Å². The summed E-state index contributed by atoms with van der Waals surface area (Å²) < 4.78 is 7.36. The van der Waals surface area contributed by atoms with Crippen molar-refractivity contribution < 1.29 is 9.21 Å². The van der Waals surface area contributed by atoms with Gasteiger partial charge in [-0.15, -0.1) is 16.8 Å². The Morgan fingerprint density at radius 2 is 1.76 bits per heavy atom. The largest absolute Gasteiger partial charge is 0.469 e. The molecular formula is C27H28N4O2S. The van der Waals surface area contributed by atoms with Crippen LogP contribution in [0.3, 0.4) is 0 Å². The summed E-state index contributed by atoms with van der Waals surface area (Å²) in [5.74, 6) is 1.95. The normalized spacial score (nSPS) is 11.0. The molecule has 0 saturated carbocycles. The van der Waals surface area contributed by atoms with Gasteiger partial charge in [0.15, 0.2) is 11.0 Å². The third-order valence-corrected chi connectivity index (χ3v) is 6.59. The van der Waals surface area contributed by atoms with Gasteiger partial charge in [0.1, 0.15) is 5.76 Å². The molecular weight excluding hydrogens is 444 g/mol. The van der Waals surface area contributed by atoms with Crippen LogP contribution in [0.25, 0.3) is 11.4 Å². The highest BCUT2D eigenvalue weighted by molar-refractivity contribution is 7.99. The molecule has 0 aliphatic carbocycles. The van der Waals surface area contributed by atoms with Gasteiger partial charge < -0.3 is 9.73 Å². The van der Waals surface area contributed by atoms with Crippen molar-refractivity contribution in [2.75, 3.05) is 12.3 Å². The summed E-state index contributed by atoms with van der Waals surface area (Å²) in [6.45, 7) is 6.86. The van der Waals surface area contributed by atoms with Crippen LogP contribution >= 0.6 is 11.8 Å². The number of carbonyl (C=O) groups is 1. The molecule has 2 aromatic carbocycles. The lowest BCUT2D eigenvalue weighted by molar-refractivity contribution is -0.118. The van der Waals surface area contributed by atoms with Gasteiger partial charge in [0.2, 0.25) is 5.91 Å². The number of allylic oxidation sites excluding steroid dienone is 1. The Hall–Kier alpha value is -3.58. The zero-order chi connectivity index (χ0) is 23.8. The summed E-state index contributed by atoms with van der Waals surface area (Å²) in [5.41, 5.74) is 3.38. The fourth-order valence-electron chi connectivity index (χ4n) is 3.94. The van der Waals surface area contributed by atoms with Gasteiger partial charge in [-0.05, 0) is 30.5 Å². The molecule has 4 aromatic rings. The van der Waals surface area contributed by atoms with Crippen LogP contribution in [-0.2, 0) is 11.3 Å². The van der Waals surface area contributed by atoms with Crippen molar-refractivity contribution in [1.82, 2.24) is 20.1 Å². The van der Waals surface area contributed by atoms with Gasteiger partial charge in [-0.1, -0.05) is 78.5 Å². The highest BCUT2D eigenvalue weighted by Crippen LogP contribution is 2.28. The maximum atomic E-state index is 12.6. The van der Waals surface area contributed by atoms with Crippen molar-refractivity contribution in [3.05, 3.63) is 103 Å². The van der Waals surface area contributed by atoms with E-state index < -0.39 is 0 Å². The standard InChI is InChI=1S/C27H28N4O2S/c1-3-17-31-26(23-15-18-33-20(23)2)29-30-27(31)34-19-25(32)28-16-14-24(21-10-6-4-7-11-21)22-12-8-5-9-13-22/h3-13,15,18,24H,1,14,16-17,19H2,2H3,(H,28,32). The molecule has 1 N–H and O–H groups in total. The van der Waals surface area contributed by atoms with Crippen LogP contribution in [0.1, 0.15) is 29.2 Å². The Morgan fingerprint density at radius 1 is 1.09 bits per heavy atom. The molecule has 0 spiro atoms. The first-order valence-electron chi connectivity index (χ1n) is 11.2. The van der Waals surface area contributed by atoms with Crippen molar-refractivity contribution in [2.24, 2.45) is 0 Å². The Morgan fingerprint density at radius 3 is 2.35 bits per heavy atom. The van der Waals surface area contributed by atoms with E-state index in [1.807, 2.05) is 29.7 Å². The minimum Gasteiger partial charge on any atom is -0.469 e. The third kappa shape index (κ3) is 5.66. The summed E-state index contributed by atoms with van der Waals surface area (Å²) >= 11 is 1.37. The molecule has 0 radical (unpaired) electrons. The SMILES string of the molecule is C=CCn1c(SCC(=O)NCCC(c2ccccc2)c2ccccc2)nnc1-c1ccoc1C. The Kier molecular flexibility index (Phi) is 7.99. The number of furan rings is 1. The van der Waals surface area contributed by atoms with Crippen LogP contribution in [0.5, 0.6) is 0 Å². The van der Waals surface area contributed by atoms with E-state index in [1.54, 1.807) is 12.3 Å². The van der Waals surface area contributed by atoms with E-state index in [0.29, 0.717) is 24.1 Å². The minimum absolute atomic E-state index is 0.0286. The number of nitrogens with one attached hydrogen (secondary N) is 1. The van der Waals surface area contributed by atoms with E-state index in [9.17, 15) is 4.79 Å². The van der Waals surface area contributed by atoms with Gasteiger partial charge in [0.05, 0.1) is 17.6 Å². The predicted molar refractivity (Wildman–Crippen MR) is 136 cm³/mol. The van der Waals surface area contributed by atoms with Crippen LogP contribution < -0.4 is 5.32 Å². The van der Waals surface area contributed by atoms with E-state index in [0.717, 1.165) is 17.7 Å². The highest BCUT2D eigenvalue weighted by Gasteiger charge is 2.18. The van der Waals surface area contributed by atoms with Gasteiger partial charge >= 0.3 is 0 Å². The second-order valence-electron chi connectivity index (χ2n) is 7.90. The van der Waals surface area contributed by atoms with Crippen LogP contribution in [-0.4, -0.2) is 33.0 Å². The van der Waals surface area contributed by atoms with E-state index in [-0.39, 0.29) is 17.6 Å². The topological polar surface area (TPSA) is 73.0 Å². The quantitative estimate of drug-likeness (QED) is 0.232. The minimum atomic E-state index is -0.0286. The Balaban J connectivity index is 1.36. The van der Waals surface area contributed by atoms with Crippen LogP contribution in [0.15, 0.2) is 95.2 Å². The molecule has 0 unspecified atom stereocenters. The van der Waals surface area contributed by atoms with Crippen molar-refractivity contribution >= 4 is 17.7 Å². The maximum absolute atomic E-state index is 12.6. The first-order valence-corrected chi connectivity index (χ1v) is 12.2. The second kappa shape index (κ2) is 11.5. The lowest BCUT2D eigenvalue weighted by atomic mass is 9.88. The summed E-state index contributed by atoms with van der Waals surface area (Å²) in [4.78, 5) is 12.6.